The van der Waals surface area contributed by atoms with Gasteiger partial charge in [-0.2, -0.15) is 4.31 Å². The van der Waals surface area contributed by atoms with Gasteiger partial charge in [-0.05, 0) is 31.0 Å². The van der Waals surface area contributed by atoms with Gasteiger partial charge in [-0.25, -0.2) is 8.42 Å². The van der Waals surface area contributed by atoms with Crippen molar-refractivity contribution < 1.29 is 18.3 Å². The van der Waals surface area contributed by atoms with Crippen LogP contribution in [0.4, 0.5) is 0 Å². The summed E-state index contributed by atoms with van der Waals surface area (Å²) in [4.78, 5) is 0.244. The van der Waals surface area contributed by atoms with Crippen molar-refractivity contribution in [3.63, 3.8) is 0 Å². The highest BCUT2D eigenvalue weighted by Crippen LogP contribution is 2.23. The van der Waals surface area contributed by atoms with Gasteiger partial charge < -0.3 is 9.84 Å². The number of aliphatic hydroxyl groups excluding tert-OH is 1. The van der Waals surface area contributed by atoms with Crippen LogP contribution in [0.3, 0.4) is 0 Å². The van der Waals surface area contributed by atoms with Gasteiger partial charge in [0.05, 0.1) is 18.1 Å². The van der Waals surface area contributed by atoms with E-state index in [4.69, 9.17) is 4.74 Å². The van der Waals surface area contributed by atoms with Crippen molar-refractivity contribution in [2.24, 2.45) is 0 Å². The third-order valence-electron chi connectivity index (χ3n) is 3.23. The first-order chi connectivity index (χ1) is 9.38. The Hall–Kier alpha value is -0.950. The van der Waals surface area contributed by atoms with Crippen molar-refractivity contribution in [3.05, 3.63) is 29.3 Å². The SMILES string of the molecule is CCN(C(C)COC)S(=O)(=O)c1cc(CO)ccc1C. The molecule has 6 heteroatoms. The number of nitrogens with zero attached hydrogens (tertiary/aromatic N) is 1. The van der Waals surface area contributed by atoms with E-state index in [1.54, 1.807) is 33.1 Å². The number of sulfonamides is 1. The number of aliphatic hydroxyl groups is 1. The van der Waals surface area contributed by atoms with Crippen LogP contribution in [0.15, 0.2) is 23.1 Å². The summed E-state index contributed by atoms with van der Waals surface area (Å²) in [5.74, 6) is 0. The van der Waals surface area contributed by atoms with Crippen molar-refractivity contribution in [2.75, 3.05) is 20.3 Å². The second kappa shape index (κ2) is 7.17. The summed E-state index contributed by atoms with van der Waals surface area (Å²) < 4.78 is 32.0. The number of likely N-dealkylation sites (N-methyl/N-ethyl adjacent to an activating group) is 1. The lowest BCUT2D eigenvalue weighted by Gasteiger charge is -2.27. The zero-order valence-electron chi connectivity index (χ0n) is 12.5. The Morgan fingerprint density at radius 3 is 2.55 bits per heavy atom. The summed E-state index contributed by atoms with van der Waals surface area (Å²) in [6.07, 6.45) is 0. The van der Waals surface area contributed by atoms with E-state index in [1.807, 2.05) is 6.92 Å². The number of rotatable bonds is 7. The molecular weight excluding hydrogens is 278 g/mol. The van der Waals surface area contributed by atoms with Crippen LogP contribution in [0.25, 0.3) is 0 Å². The normalized spacial score (nSPS) is 13.7. The van der Waals surface area contributed by atoms with Crippen LogP contribution in [0, 0.1) is 6.92 Å². The van der Waals surface area contributed by atoms with Crippen LogP contribution >= 0.6 is 0 Å². The molecule has 0 saturated carbocycles. The molecule has 0 aromatic heterocycles. The number of aryl methyl sites for hydroxylation is 1. The van der Waals surface area contributed by atoms with Crippen molar-refractivity contribution in [3.8, 4) is 0 Å². The first kappa shape index (κ1) is 17.1. The van der Waals surface area contributed by atoms with Crippen molar-refractivity contribution in [1.29, 1.82) is 0 Å². The van der Waals surface area contributed by atoms with Crippen molar-refractivity contribution in [1.82, 2.24) is 4.31 Å². The molecule has 0 aliphatic heterocycles. The average molecular weight is 301 g/mol. The Balaban J connectivity index is 3.26. The van der Waals surface area contributed by atoms with Gasteiger partial charge in [-0.1, -0.05) is 19.1 Å². The lowest BCUT2D eigenvalue weighted by molar-refractivity contribution is 0.142. The van der Waals surface area contributed by atoms with Gasteiger partial charge in [0.25, 0.3) is 0 Å². The largest absolute Gasteiger partial charge is 0.392 e. The molecule has 1 aromatic carbocycles. The van der Waals surface area contributed by atoms with E-state index in [0.717, 1.165) is 0 Å². The average Bonchev–Trinajstić information content (AvgIpc) is 2.39. The molecule has 0 fully saturated rings. The first-order valence-corrected chi connectivity index (χ1v) is 8.03. The van der Waals surface area contributed by atoms with Gasteiger partial charge in [0.15, 0.2) is 0 Å². The summed E-state index contributed by atoms with van der Waals surface area (Å²) >= 11 is 0. The highest BCUT2D eigenvalue weighted by molar-refractivity contribution is 7.89. The summed E-state index contributed by atoms with van der Waals surface area (Å²) in [6.45, 7) is 5.90. The fourth-order valence-corrected chi connectivity index (χ4v) is 4.09. The number of hydrogen-bond acceptors (Lipinski definition) is 4. The van der Waals surface area contributed by atoms with E-state index in [1.165, 1.54) is 10.4 Å². The molecule has 0 spiro atoms. The number of ether oxygens (including phenoxy) is 1. The van der Waals surface area contributed by atoms with Crippen LogP contribution < -0.4 is 0 Å². The maximum atomic E-state index is 12.8. The molecule has 0 saturated heterocycles. The van der Waals surface area contributed by atoms with Gasteiger partial charge >= 0.3 is 0 Å². The molecule has 0 amide bonds. The molecule has 20 heavy (non-hydrogen) atoms. The first-order valence-electron chi connectivity index (χ1n) is 6.59. The van der Waals surface area contributed by atoms with E-state index < -0.39 is 10.0 Å². The minimum atomic E-state index is -3.59. The Morgan fingerprint density at radius 2 is 2.05 bits per heavy atom. The fourth-order valence-electron chi connectivity index (χ4n) is 2.19. The summed E-state index contributed by atoms with van der Waals surface area (Å²) in [6, 6.07) is 4.73. The predicted octanol–water partition coefficient (Wildman–Crippen LogP) is 1.53. The van der Waals surface area contributed by atoms with Crippen LogP contribution in [0.5, 0.6) is 0 Å². The second-order valence-electron chi connectivity index (χ2n) is 4.77. The van der Waals surface area contributed by atoms with Crippen LogP contribution in [0.1, 0.15) is 25.0 Å². The summed E-state index contributed by atoms with van der Waals surface area (Å²) in [7, 11) is -2.04. The maximum absolute atomic E-state index is 12.8. The standard InChI is InChI=1S/C14H23NO4S/c1-5-15(12(3)10-19-4)20(17,18)14-8-13(9-16)7-6-11(14)2/h6-8,12,16H,5,9-10H2,1-4H3. The van der Waals surface area contributed by atoms with E-state index >= 15 is 0 Å². The van der Waals surface area contributed by atoms with Gasteiger partial charge in [0, 0.05) is 19.7 Å². The monoisotopic (exact) mass is 301 g/mol. The lowest BCUT2D eigenvalue weighted by Crippen LogP contribution is -2.41. The van der Waals surface area contributed by atoms with E-state index in [2.05, 4.69) is 0 Å². The second-order valence-corrected chi connectivity index (χ2v) is 6.63. The number of benzene rings is 1. The van der Waals surface area contributed by atoms with E-state index in [-0.39, 0.29) is 17.5 Å². The summed E-state index contributed by atoms with van der Waals surface area (Å²) in [5, 5.41) is 9.18. The molecule has 1 rings (SSSR count). The maximum Gasteiger partial charge on any atom is 0.243 e. The van der Waals surface area contributed by atoms with Crippen molar-refractivity contribution in [2.45, 2.75) is 38.3 Å². The zero-order valence-corrected chi connectivity index (χ0v) is 13.3. The Bertz CT molecular complexity index is 542. The van der Waals surface area contributed by atoms with E-state index in [0.29, 0.717) is 24.3 Å². The molecule has 114 valence electrons. The Labute approximate surface area is 121 Å². The Morgan fingerprint density at radius 1 is 1.40 bits per heavy atom. The van der Waals surface area contributed by atoms with Crippen molar-refractivity contribution >= 4 is 10.0 Å². The van der Waals surface area contributed by atoms with Crippen LogP contribution in [-0.2, 0) is 21.4 Å². The third-order valence-corrected chi connectivity index (χ3v) is 5.46. The molecule has 0 bridgehead atoms. The smallest absolute Gasteiger partial charge is 0.243 e. The van der Waals surface area contributed by atoms with Crippen LogP contribution in [-0.4, -0.2) is 44.1 Å². The third kappa shape index (κ3) is 3.58. The zero-order chi connectivity index (χ0) is 15.3. The Kier molecular flexibility index (Phi) is 6.13. The van der Waals surface area contributed by atoms with Crippen LogP contribution in [0.2, 0.25) is 0 Å². The molecule has 0 heterocycles. The molecule has 5 nitrogen and oxygen atoms in total. The minimum absolute atomic E-state index is 0.178. The summed E-state index contributed by atoms with van der Waals surface area (Å²) in [5.41, 5.74) is 1.26. The topological polar surface area (TPSA) is 66.8 Å². The van der Waals surface area contributed by atoms with E-state index in [9.17, 15) is 13.5 Å². The van der Waals surface area contributed by atoms with Gasteiger partial charge in [0.1, 0.15) is 0 Å². The number of hydrogen-bond donors (Lipinski definition) is 1. The molecule has 0 aliphatic rings. The predicted molar refractivity (Wildman–Crippen MR) is 78.0 cm³/mol. The van der Waals surface area contributed by atoms with Gasteiger partial charge in [-0.15, -0.1) is 0 Å². The molecule has 1 aromatic rings. The molecular formula is C14H23NO4S. The molecule has 0 aliphatic carbocycles. The highest BCUT2D eigenvalue weighted by atomic mass is 32.2. The quantitative estimate of drug-likeness (QED) is 0.829. The molecule has 1 N–H and O–H groups in total. The minimum Gasteiger partial charge on any atom is -0.392 e. The fraction of sp³-hybridized carbons (Fsp3) is 0.571. The highest BCUT2D eigenvalue weighted by Gasteiger charge is 2.29. The molecule has 1 unspecified atom stereocenters. The van der Waals surface area contributed by atoms with Gasteiger partial charge in [-0.3, -0.25) is 0 Å². The number of methoxy groups -OCH3 is 1. The molecule has 1 atom stereocenters. The lowest BCUT2D eigenvalue weighted by atomic mass is 10.2. The van der Waals surface area contributed by atoms with Gasteiger partial charge in [0.2, 0.25) is 10.0 Å². The molecule has 0 radical (unpaired) electrons.